The topological polar surface area (TPSA) is 93.3 Å². The number of rotatable bonds is 6. The molecule has 0 aromatic carbocycles. The lowest BCUT2D eigenvalue weighted by Gasteiger charge is -2.19. The largest absolute Gasteiger partial charge is 0.477 e. The predicted molar refractivity (Wildman–Crippen MR) is 78.3 cm³/mol. The summed E-state index contributed by atoms with van der Waals surface area (Å²) in [5, 5.41) is 9.01. The smallest absolute Gasteiger partial charge is 0.354 e. The molecule has 2 rings (SSSR count). The second-order valence-electron chi connectivity index (χ2n) is 5.31. The van der Waals surface area contributed by atoms with Crippen LogP contribution in [0, 0.1) is 0 Å². The number of carboxylic acids is 1. The second kappa shape index (κ2) is 6.42. The minimum Gasteiger partial charge on any atom is -0.477 e. The number of likely N-dealkylation sites (N-methyl/N-ethyl adjacent to an activating group) is 1. The number of carbonyl (C=O) groups excluding carboxylic acids is 1. The van der Waals surface area contributed by atoms with Crippen LogP contribution >= 0.6 is 0 Å². The molecule has 0 saturated carbocycles. The summed E-state index contributed by atoms with van der Waals surface area (Å²) in [6.07, 6.45) is 6.13. The number of carboxylic acid groups (broad SMARTS) is 1. The van der Waals surface area contributed by atoms with E-state index in [0.29, 0.717) is 6.54 Å². The Kier molecular flexibility index (Phi) is 4.59. The Balaban J connectivity index is 2.05. The Morgan fingerprint density at radius 2 is 2.14 bits per heavy atom. The van der Waals surface area contributed by atoms with Crippen molar-refractivity contribution in [2.75, 3.05) is 7.05 Å². The summed E-state index contributed by atoms with van der Waals surface area (Å²) in [6, 6.07) is 0.258. The number of imidazole rings is 2. The maximum atomic E-state index is 12.2. The van der Waals surface area contributed by atoms with Gasteiger partial charge in [-0.2, -0.15) is 0 Å². The van der Waals surface area contributed by atoms with Crippen LogP contribution in [0.25, 0.3) is 0 Å². The van der Waals surface area contributed by atoms with Crippen LogP contribution in [-0.4, -0.2) is 48.0 Å². The number of aromatic nitrogens is 4. The van der Waals surface area contributed by atoms with E-state index in [1.807, 2.05) is 24.6 Å². The highest BCUT2D eigenvalue weighted by Crippen LogP contribution is 2.10. The van der Waals surface area contributed by atoms with E-state index in [2.05, 4.69) is 9.97 Å². The van der Waals surface area contributed by atoms with Gasteiger partial charge in [-0.05, 0) is 13.8 Å². The summed E-state index contributed by atoms with van der Waals surface area (Å²) in [5.74, 6) is -0.531. The molecule has 0 aliphatic carbocycles. The van der Waals surface area contributed by atoms with Gasteiger partial charge in [0.05, 0.1) is 19.1 Å². The molecule has 1 amide bonds. The second-order valence-corrected chi connectivity index (χ2v) is 5.31. The van der Waals surface area contributed by atoms with Crippen molar-refractivity contribution in [1.82, 2.24) is 24.0 Å². The van der Waals surface area contributed by atoms with Crippen molar-refractivity contribution in [2.45, 2.75) is 33.0 Å². The third kappa shape index (κ3) is 3.33. The van der Waals surface area contributed by atoms with Crippen LogP contribution < -0.4 is 0 Å². The molecular weight excluding hydrogens is 286 g/mol. The highest BCUT2D eigenvalue weighted by atomic mass is 16.4. The molecule has 0 spiro atoms. The summed E-state index contributed by atoms with van der Waals surface area (Å²) < 4.78 is 3.31. The predicted octanol–water partition coefficient (Wildman–Crippen LogP) is 1.02. The van der Waals surface area contributed by atoms with Crippen LogP contribution in [0.15, 0.2) is 24.9 Å². The van der Waals surface area contributed by atoms with Gasteiger partial charge in [0.2, 0.25) is 5.91 Å². The van der Waals surface area contributed by atoms with Gasteiger partial charge in [-0.15, -0.1) is 0 Å². The van der Waals surface area contributed by atoms with Crippen molar-refractivity contribution >= 4 is 11.9 Å². The van der Waals surface area contributed by atoms with Crippen molar-refractivity contribution in [2.24, 2.45) is 0 Å². The number of hydrogen-bond donors (Lipinski definition) is 1. The zero-order chi connectivity index (χ0) is 16.3. The van der Waals surface area contributed by atoms with Gasteiger partial charge in [-0.25, -0.2) is 14.8 Å². The quantitative estimate of drug-likeness (QED) is 0.860. The molecule has 8 heteroatoms. The molecule has 118 valence electrons. The average molecular weight is 305 g/mol. The van der Waals surface area contributed by atoms with E-state index < -0.39 is 5.97 Å². The Morgan fingerprint density at radius 1 is 1.41 bits per heavy atom. The molecular formula is C14H19N5O3. The van der Waals surface area contributed by atoms with Crippen molar-refractivity contribution in [3.8, 4) is 0 Å². The molecule has 0 radical (unpaired) electrons. The highest BCUT2D eigenvalue weighted by molar-refractivity contribution is 5.86. The number of aromatic carboxylic acids is 1. The lowest BCUT2D eigenvalue weighted by atomic mass is 10.3. The first-order valence-electron chi connectivity index (χ1n) is 6.89. The normalized spacial score (nSPS) is 10.9. The van der Waals surface area contributed by atoms with E-state index in [4.69, 9.17) is 5.11 Å². The Morgan fingerprint density at radius 3 is 2.77 bits per heavy atom. The van der Waals surface area contributed by atoms with Crippen molar-refractivity contribution in [3.05, 3.63) is 36.4 Å². The van der Waals surface area contributed by atoms with Crippen molar-refractivity contribution < 1.29 is 14.7 Å². The zero-order valence-electron chi connectivity index (χ0n) is 12.8. The van der Waals surface area contributed by atoms with Gasteiger partial charge < -0.3 is 19.1 Å². The summed E-state index contributed by atoms with van der Waals surface area (Å²) in [7, 11) is 1.67. The molecule has 0 fully saturated rings. The Labute approximate surface area is 128 Å². The van der Waals surface area contributed by atoms with Gasteiger partial charge in [0.25, 0.3) is 0 Å². The molecule has 2 heterocycles. The molecule has 0 bridgehead atoms. The zero-order valence-corrected chi connectivity index (χ0v) is 12.8. The van der Waals surface area contributed by atoms with Crippen LogP contribution in [0.4, 0.5) is 0 Å². The third-order valence-electron chi connectivity index (χ3n) is 3.35. The number of nitrogens with zero attached hydrogens (tertiary/aromatic N) is 5. The summed E-state index contributed by atoms with van der Waals surface area (Å²) in [4.78, 5) is 32.8. The number of amides is 1. The van der Waals surface area contributed by atoms with Crippen LogP contribution in [-0.2, 0) is 17.9 Å². The number of hydrogen-bond acceptors (Lipinski definition) is 4. The molecule has 0 unspecified atom stereocenters. The van der Waals surface area contributed by atoms with Gasteiger partial charge >= 0.3 is 5.97 Å². The lowest BCUT2D eigenvalue weighted by molar-refractivity contribution is -0.131. The Hall–Kier alpha value is -2.64. The van der Waals surface area contributed by atoms with E-state index in [-0.39, 0.29) is 24.2 Å². The monoisotopic (exact) mass is 305 g/mol. The minimum absolute atomic E-state index is 0.00886. The fourth-order valence-corrected chi connectivity index (χ4v) is 2.13. The molecule has 0 aliphatic heterocycles. The van der Waals surface area contributed by atoms with E-state index in [1.165, 1.54) is 22.0 Å². The van der Waals surface area contributed by atoms with Gasteiger partial charge in [0.15, 0.2) is 0 Å². The average Bonchev–Trinajstić information content (AvgIpc) is 3.07. The molecule has 0 atom stereocenters. The van der Waals surface area contributed by atoms with Crippen LogP contribution in [0.2, 0.25) is 0 Å². The fourth-order valence-electron chi connectivity index (χ4n) is 2.13. The Bertz CT molecular complexity index is 674. The standard InChI is InChI=1S/C14H19N5O3/c1-10(2)19-5-4-16-12(19)7-17(3)13(20)8-18-9-15-6-11(18)14(21)22/h4-6,9-10H,7-8H2,1-3H3,(H,21,22). The number of carbonyl (C=O) groups is 2. The maximum Gasteiger partial charge on any atom is 0.354 e. The summed E-state index contributed by atoms with van der Waals surface area (Å²) >= 11 is 0. The van der Waals surface area contributed by atoms with Gasteiger partial charge in [0, 0.05) is 25.5 Å². The molecule has 22 heavy (non-hydrogen) atoms. The van der Waals surface area contributed by atoms with E-state index in [0.717, 1.165) is 5.82 Å². The van der Waals surface area contributed by atoms with E-state index in [9.17, 15) is 9.59 Å². The van der Waals surface area contributed by atoms with Gasteiger partial charge in [-0.1, -0.05) is 0 Å². The first-order valence-corrected chi connectivity index (χ1v) is 6.89. The third-order valence-corrected chi connectivity index (χ3v) is 3.35. The van der Waals surface area contributed by atoms with Gasteiger partial charge in [-0.3, -0.25) is 4.79 Å². The first-order chi connectivity index (χ1) is 10.4. The molecule has 2 aromatic rings. The van der Waals surface area contributed by atoms with Gasteiger partial charge in [0.1, 0.15) is 18.1 Å². The van der Waals surface area contributed by atoms with Crippen LogP contribution in [0.1, 0.15) is 36.2 Å². The SMILES string of the molecule is CC(C)n1ccnc1CN(C)C(=O)Cn1cncc1C(=O)O. The minimum atomic E-state index is -1.11. The summed E-state index contributed by atoms with van der Waals surface area (Å²) in [5.41, 5.74) is -0.00886. The highest BCUT2D eigenvalue weighted by Gasteiger charge is 2.17. The van der Waals surface area contributed by atoms with E-state index >= 15 is 0 Å². The lowest BCUT2D eigenvalue weighted by Crippen LogP contribution is -2.31. The van der Waals surface area contributed by atoms with Crippen LogP contribution in [0.5, 0.6) is 0 Å². The summed E-state index contributed by atoms with van der Waals surface area (Å²) in [6.45, 7) is 4.37. The molecule has 8 nitrogen and oxygen atoms in total. The molecule has 0 aliphatic rings. The first kappa shape index (κ1) is 15.7. The van der Waals surface area contributed by atoms with Crippen LogP contribution in [0.3, 0.4) is 0 Å². The molecule has 0 saturated heterocycles. The fraction of sp³-hybridized carbons (Fsp3) is 0.429. The van der Waals surface area contributed by atoms with Crippen molar-refractivity contribution in [3.63, 3.8) is 0 Å². The molecule has 2 aromatic heterocycles. The van der Waals surface area contributed by atoms with Crippen molar-refractivity contribution in [1.29, 1.82) is 0 Å². The van der Waals surface area contributed by atoms with E-state index in [1.54, 1.807) is 13.2 Å². The molecule has 1 N–H and O–H groups in total. The maximum absolute atomic E-state index is 12.2.